The minimum absolute atomic E-state index is 0.248. The van der Waals surface area contributed by atoms with Crippen molar-refractivity contribution in [1.82, 2.24) is 5.32 Å². The van der Waals surface area contributed by atoms with Crippen molar-refractivity contribution in [2.24, 2.45) is 0 Å². The van der Waals surface area contributed by atoms with Crippen LogP contribution in [0.25, 0.3) is 0 Å². The van der Waals surface area contributed by atoms with Gasteiger partial charge >= 0.3 is 0 Å². The Morgan fingerprint density at radius 3 is 2.29 bits per heavy atom. The maximum Gasteiger partial charge on any atom is 0.0205 e. The van der Waals surface area contributed by atoms with Gasteiger partial charge in [0.25, 0.3) is 0 Å². The summed E-state index contributed by atoms with van der Waals surface area (Å²) in [5, 5.41) is 3.44. The van der Waals surface area contributed by atoms with Crippen LogP contribution in [0.2, 0.25) is 0 Å². The van der Waals surface area contributed by atoms with Crippen LogP contribution in [0.5, 0.6) is 0 Å². The Bertz CT molecular complexity index is 341. The Labute approximate surface area is 106 Å². The van der Waals surface area contributed by atoms with Crippen molar-refractivity contribution in [3.63, 3.8) is 0 Å². The van der Waals surface area contributed by atoms with Gasteiger partial charge in [0, 0.05) is 6.54 Å². The Hall–Kier alpha value is -1.08. The van der Waals surface area contributed by atoms with Crippen LogP contribution in [0.1, 0.15) is 45.2 Å². The topological polar surface area (TPSA) is 12.0 Å². The van der Waals surface area contributed by atoms with E-state index in [-0.39, 0.29) is 5.41 Å². The molecule has 94 valence electrons. The van der Waals surface area contributed by atoms with E-state index in [0.717, 1.165) is 19.5 Å². The van der Waals surface area contributed by atoms with Gasteiger partial charge in [0.05, 0.1) is 0 Å². The summed E-state index contributed by atoms with van der Waals surface area (Å²) in [7, 11) is 0. The van der Waals surface area contributed by atoms with Crippen LogP contribution in [0, 0.1) is 0 Å². The fourth-order valence-corrected chi connectivity index (χ4v) is 1.71. The highest BCUT2D eigenvalue weighted by atomic mass is 14.8. The van der Waals surface area contributed by atoms with Crippen molar-refractivity contribution in [3.8, 4) is 0 Å². The van der Waals surface area contributed by atoms with Crippen molar-refractivity contribution in [2.45, 2.75) is 46.1 Å². The number of hydrogen-bond acceptors (Lipinski definition) is 1. The number of allylic oxidation sites excluding steroid dienone is 1. The van der Waals surface area contributed by atoms with Crippen LogP contribution in [-0.2, 0) is 12.0 Å². The van der Waals surface area contributed by atoms with Crippen LogP contribution in [0.15, 0.2) is 36.4 Å². The lowest BCUT2D eigenvalue weighted by Crippen LogP contribution is -2.15. The first-order valence-electron chi connectivity index (χ1n) is 6.45. The molecule has 0 aromatic heterocycles. The smallest absolute Gasteiger partial charge is 0.0205 e. The molecule has 0 aliphatic heterocycles. The highest BCUT2D eigenvalue weighted by Crippen LogP contribution is 2.22. The van der Waals surface area contributed by atoms with Gasteiger partial charge in [0.15, 0.2) is 0 Å². The molecule has 0 saturated carbocycles. The van der Waals surface area contributed by atoms with E-state index in [0.29, 0.717) is 0 Å². The molecule has 0 aliphatic carbocycles. The number of nitrogens with one attached hydrogen (secondary N) is 1. The monoisotopic (exact) mass is 231 g/mol. The van der Waals surface area contributed by atoms with E-state index in [1.54, 1.807) is 0 Å². The minimum Gasteiger partial charge on any atom is -0.312 e. The number of hydrogen-bond donors (Lipinski definition) is 1. The average molecular weight is 231 g/mol. The molecular formula is C16H25N. The second kappa shape index (κ2) is 6.61. The Morgan fingerprint density at radius 1 is 1.12 bits per heavy atom. The molecule has 1 N–H and O–H groups in total. The zero-order chi connectivity index (χ0) is 12.7. The van der Waals surface area contributed by atoms with E-state index in [1.165, 1.54) is 11.1 Å². The van der Waals surface area contributed by atoms with Gasteiger partial charge in [-0.2, -0.15) is 0 Å². The van der Waals surface area contributed by atoms with Gasteiger partial charge in [-0.05, 0) is 36.4 Å². The number of benzene rings is 1. The molecule has 0 spiro atoms. The molecule has 0 fully saturated rings. The van der Waals surface area contributed by atoms with Crippen LogP contribution in [0.4, 0.5) is 0 Å². The standard InChI is InChI=1S/C16H25N/c1-5-6-7-12-17-13-14-8-10-15(11-9-14)16(2,3)4/h5-6,8-11,17H,7,12-13H2,1-4H3/b6-5+. The maximum atomic E-state index is 3.44. The summed E-state index contributed by atoms with van der Waals surface area (Å²) in [6.07, 6.45) is 5.39. The third-order valence-corrected chi connectivity index (χ3v) is 2.87. The van der Waals surface area contributed by atoms with Crippen molar-refractivity contribution in [2.75, 3.05) is 6.54 Å². The lowest BCUT2D eigenvalue weighted by atomic mass is 9.87. The molecule has 0 bridgehead atoms. The van der Waals surface area contributed by atoms with Crippen molar-refractivity contribution in [3.05, 3.63) is 47.5 Å². The van der Waals surface area contributed by atoms with E-state index in [1.807, 2.05) is 0 Å². The van der Waals surface area contributed by atoms with E-state index < -0.39 is 0 Å². The van der Waals surface area contributed by atoms with Crippen LogP contribution < -0.4 is 5.32 Å². The zero-order valence-electron chi connectivity index (χ0n) is 11.6. The maximum absolute atomic E-state index is 3.44. The molecule has 0 unspecified atom stereocenters. The van der Waals surface area contributed by atoms with Gasteiger partial charge < -0.3 is 5.32 Å². The molecule has 0 heterocycles. The summed E-state index contributed by atoms with van der Waals surface area (Å²) < 4.78 is 0. The molecule has 17 heavy (non-hydrogen) atoms. The molecule has 1 nitrogen and oxygen atoms in total. The molecule has 1 heteroatoms. The van der Waals surface area contributed by atoms with Gasteiger partial charge in [-0.25, -0.2) is 0 Å². The SMILES string of the molecule is C/C=C/CCNCc1ccc(C(C)(C)C)cc1. The molecule has 0 aliphatic rings. The molecule has 0 radical (unpaired) electrons. The molecule has 0 amide bonds. The third-order valence-electron chi connectivity index (χ3n) is 2.87. The lowest BCUT2D eigenvalue weighted by molar-refractivity contribution is 0.589. The molecule has 1 aromatic rings. The predicted molar refractivity (Wildman–Crippen MR) is 76.3 cm³/mol. The molecule has 0 atom stereocenters. The van der Waals surface area contributed by atoms with E-state index >= 15 is 0 Å². The van der Waals surface area contributed by atoms with Crippen molar-refractivity contribution in [1.29, 1.82) is 0 Å². The molecular weight excluding hydrogens is 206 g/mol. The highest BCUT2D eigenvalue weighted by Gasteiger charge is 2.12. The molecule has 1 rings (SSSR count). The predicted octanol–water partition coefficient (Wildman–Crippen LogP) is 4.04. The first kappa shape index (κ1) is 14.0. The fraction of sp³-hybridized carbons (Fsp3) is 0.500. The van der Waals surface area contributed by atoms with Gasteiger partial charge in [-0.3, -0.25) is 0 Å². The number of rotatable bonds is 5. The van der Waals surface area contributed by atoms with Gasteiger partial charge in [0.1, 0.15) is 0 Å². The Balaban J connectivity index is 2.41. The van der Waals surface area contributed by atoms with Gasteiger partial charge in [0.2, 0.25) is 0 Å². The highest BCUT2D eigenvalue weighted by molar-refractivity contribution is 5.27. The van der Waals surface area contributed by atoms with Crippen molar-refractivity contribution >= 4 is 0 Å². The lowest BCUT2D eigenvalue weighted by Gasteiger charge is -2.19. The zero-order valence-corrected chi connectivity index (χ0v) is 11.6. The third kappa shape index (κ3) is 5.18. The van der Waals surface area contributed by atoms with E-state index in [4.69, 9.17) is 0 Å². The first-order valence-corrected chi connectivity index (χ1v) is 6.45. The van der Waals surface area contributed by atoms with Gasteiger partial charge in [-0.1, -0.05) is 57.2 Å². The molecule has 1 aromatic carbocycles. The van der Waals surface area contributed by atoms with Crippen molar-refractivity contribution < 1.29 is 0 Å². The van der Waals surface area contributed by atoms with Gasteiger partial charge in [-0.15, -0.1) is 0 Å². The van der Waals surface area contributed by atoms with Crippen LogP contribution in [0.3, 0.4) is 0 Å². The Kier molecular flexibility index (Phi) is 5.43. The summed E-state index contributed by atoms with van der Waals surface area (Å²) in [6.45, 7) is 10.8. The van der Waals surface area contributed by atoms with E-state index in [9.17, 15) is 0 Å². The summed E-state index contributed by atoms with van der Waals surface area (Å²) >= 11 is 0. The fourth-order valence-electron chi connectivity index (χ4n) is 1.71. The van der Waals surface area contributed by atoms with E-state index in [2.05, 4.69) is 69.4 Å². The summed E-state index contributed by atoms with van der Waals surface area (Å²) in [5.74, 6) is 0. The largest absolute Gasteiger partial charge is 0.312 e. The second-order valence-corrected chi connectivity index (χ2v) is 5.48. The minimum atomic E-state index is 0.248. The molecule has 0 saturated heterocycles. The second-order valence-electron chi connectivity index (χ2n) is 5.48. The Morgan fingerprint density at radius 2 is 1.76 bits per heavy atom. The quantitative estimate of drug-likeness (QED) is 0.595. The van der Waals surface area contributed by atoms with Crippen LogP contribution in [-0.4, -0.2) is 6.54 Å². The first-order chi connectivity index (χ1) is 8.04. The summed E-state index contributed by atoms with van der Waals surface area (Å²) in [4.78, 5) is 0. The average Bonchev–Trinajstić information content (AvgIpc) is 2.28. The summed E-state index contributed by atoms with van der Waals surface area (Å²) in [6, 6.07) is 8.93. The normalized spacial score (nSPS) is 12.2. The summed E-state index contributed by atoms with van der Waals surface area (Å²) in [5.41, 5.74) is 3.01. The van der Waals surface area contributed by atoms with Crippen LogP contribution >= 0.6 is 0 Å².